The standard InChI is InChI=1S/C14H22N4O/c1-18-13-8-4-3-7-12(13)16-14(18)10-11(17-15)6-5-9-19-2/h3-4,7-8,11,17H,5-6,9-10,15H2,1-2H3. The highest BCUT2D eigenvalue weighted by molar-refractivity contribution is 5.75. The maximum Gasteiger partial charge on any atom is 0.111 e. The molecule has 0 aliphatic heterocycles. The molecule has 0 aliphatic rings. The molecule has 1 heterocycles. The first-order chi connectivity index (χ1) is 9.26. The third-order valence-corrected chi connectivity index (χ3v) is 3.45. The lowest BCUT2D eigenvalue weighted by molar-refractivity contribution is 0.188. The molecule has 0 fully saturated rings. The van der Waals surface area contributed by atoms with Crippen molar-refractivity contribution in [2.24, 2.45) is 12.9 Å². The topological polar surface area (TPSA) is 65.1 Å². The van der Waals surface area contributed by atoms with Crippen LogP contribution in [-0.4, -0.2) is 29.3 Å². The molecule has 0 saturated heterocycles. The summed E-state index contributed by atoms with van der Waals surface area (Å²) < 4.78 is 7.20. The molecular weight excluding hydrogens is 240 g/mol. The lowest BCUT2D eigenvalue weighted by atomic mass is 10.1. The van der Waals surface area contributed by atoms with Gasteiger partial charge in [-0.2, -0.15) is 0 Å². The molecule has 5 nitrogen and oxygen atoms in total. The number of rotatable bonds is 7. The number of hydrazine groups is 1. The monoisotopic (exact) mass is 262 g/mol. The first kappa shape index (κ1) is 14.0. The molecule has 19 heavy (non-hydrogen) atoms. The minimum absolute atomic E-state index is 0.227. The van der Waals surface area contributed by atoms with Gasteiger partial charge in [-0.05, 0) is 25.0 Å². The molecule has 5 heteroatoms. The predicted molar refractivity (Wildman–Crippen MR) is 76.6 cm³/mol. The molecule has 3 N–H and O–H groups in total. The van der Waals surface area contributed by atoms with Gasteiger partial charge in [0.1, 0.15) is 5.82 Å². The van der Waals surface area contributed by atoms with Crippen LogP contribution in [0.5, 0.6) is 0 Å². The van der Waals surface area contributed by atoms with Crippen LogP contribution in [0.2, 0.25) is 0 Å². The van der Waals surface area contributed by atoms with E-state index >= 15 is 0 Å². The second-order valence-corrected chi connectivity index (χ2v) is 4.78. The first-order valence-electron chi connectivity index (χ1n) is 6.61. The Balaban J connectivity index is 2.08. The number of ether oxygens (including phenoxy) is 1. The van der Waals surface area contributed by atoms with Gasteiger partial charge >= 0.3 is 0 Å². The summed E-state index contributed by atoms with van der Waals surface area (Å²) in [6.07, 6.45) is 2.80. The van der Waals surface area contributed by atoms with Crippen LogP contribution >= 0.6 is 0 Å². The van der Waals surface area contributed by atoms with Crippen LogP contribution in [0.3, 0.4) is 0 Å². The summed E-state index contributed by atoms with van der Waals surface area (Å²) in [6, 6.07) is 8.39. The van der Waals surface area contributed by atoms with Gasteiger partial charge in [0.15, 0.2) is 0 Å². The number of aromatic nitrogens is 2. The van der Waals surface area contributed by atoms with Crippen molar-refractivity contribution in [1.82, 2.24) is 15.0 Å². The molecule has 0 spiro atoms. The maximum atomic E-state index is 5.62. The number of hydrogen-bond donors (Lipinski definition) is 2. The highest BCUT2D eigenvalue weighted by Crippen LogP contribution is 2.16. The molecule has 2 aromatic rings. The summed E-state index contributed by atoms with van der Waals surface area (Å²) >= 11 is 0. The number of nitrogens with two attached hydrogens (primary N) is 1. The molecule has 0 saturated carbocycles. The van der Waals surface area contributed by atoms with E-state index in [4.69, 9.17) is 10.6 Å². The smallest absolute Gasteiger partial charge is 0.111 e. The van der Waals surface area contributed by atoms with Gasteiger partial charge in [0.05, 0.1) is 11.0 Å². The summed E-state index contributed by atoms with van der Waals surface area (Å²) in [4.78, 5) is 4.66. The summed E-state index contributed by atoms with van der Waals surface area (Å²) in [5.41, 5.74) is 5.06. The fourth-order valence-electron chi connectivity index (χ4n) is 2.32. The van der Waals surface area contributed by atoms with E-state index in [9.17, 15) is 0 Å². The fourth-order valence-corrected chi connectivity index (χ4v) is 2.32. The Morgan fingerprint density at radius 3 is 2.89 bits per heavy atom. The number of fused-ring (bicyclic) bond motifs is 1. The van der Waals surface area contributed by atoms with Crippen molar-refractivity contribution < 1.29 is 4.74 Å². The Morgan fingerprint density at radius 2 is 2.21 bits per heavy atom. The lowest BCUT2D eigenvalue weighted by Crippen LogP contribution is -2.37. The first-order valence-corrected chi connectivity index (χ1v) is 6.61. The van der Waals surface area contributed by atoms with Crippen molar-refractivity contribution in [3.63, 3.8) is 0 Å². The molecule has 1 atom stereocenters. The van der Waals surface area contributed by atoms with Gasteiger partial charge < -0.3 is 9.30 Å². The molecule has 104 valence electrons. The van der Waals surface area contributed by atoms with Crippen LogP contribution in [0.15, 0.2) is 24.3 Å². The van der Waals surface area contributed by atoms with Crippen molar-refractivity contribution in [3.8, 4) is 0 Å². The Hall–Kier alpha value is -1.43. The average Bonchev–Trinajstić information content (AvgIpc) is 2.75. The van der Waals surface area contributed by atoms with E-state index in [1.165, 1.54) is 0 Å². The van der Waals surface area contributed by atoms with E-state index in [0.29, 0.717) is 0 Å². The van der Waals surface area contributed by atoms with Gasteiger partial charge in [0, 0.05) is 33.2 Å². The van der Waals surface area contributed by atoms with Crippen molar-refractivity contribution >= 4 is 11.0 Å². The Morgan fingerprint density at radius 1 is 1.42 bits per heavy atom. The fraction of sp³-hybridized carbons (Fsp3) is 0.500. The number of nitrogens with one attached hydrogen (secondary N) is 1. The highest BCUT2D eigenvalue weighted by Gasteiger charge is 2.13. The van der Waals surface area contributed by atoms with Crippen LogP contribution in [0.25, 0.3) is 11.0 Å². The number of benzene rings is 1. The quantitative estimate of drug-likeness (QED) is 0.449. The molecule has 1 aromatic carbocycles. The third-order valence-electron chi connectivity index (χ3n) is 3.45. The van der Waals surface area contributed by atoms with Gasteiger partial charge in [-0.3, -0.25) is 11.3 Å². The van der Waals surface area contributed by atoms with E-state index in [2.05, 4.69) is 21.0 Å². The van der Waals surface area contributed by atoms with E-state index in [0.717, 1.165) is 42.7 Å². The zero-order valence-corrected chi connectivity index (χ0v) is 11.6. The number of hydrogen-bond acceptors (Lipinski definition) is 4. The van der Waals surface area contributed by atoms with Crippen LogP contribution in [0, 0.1) is 0 Å². The van der Waals surface area contributed by atoms with E-state index in [-0.39, 0.29) is 6.04 Å². The van der Waals surface area contributed by atoms with Crippen LogP contribution in [-0.2, 0) is 18.2 Å². The van der Waals surface area contributed by atoms with Crippen molar-refractivity contribution in [3.05, 3.63) is 30.1 Å². The highest BCUT2D eigenvalue weighted by atomic mass is 16.5. The SMILES string of the molecule is COCCCC(Cc1nc2ccccc2n1C)NN. The van der Waals surface area contributed by atoms with Gasteiger partial charge in [-0.1, -0.05) is 12.1 Å². The normalized spacial score (nSPS) is 13.0. The van der Waals surface area contributed by atoms with Gasteiger partial charge in [-0.25, -0.2) is 4.98 Å². The molecular formula is C14H22N4O. The molecule has 0 radical (unpaired) electrons. The van der Waals surface area contributed by atoms with Crippen LogP contribution < -0.4 is 11.3 Å². The molecule has 0 aliphatic carbocycles. The molecule has 1 aromatic heterocycles. The van der Waals surface area contributed by atoms with Gasteiger partial charge in [0.2, 0.25) is 0 Å². The minimum Gasteiger partial charge on any atom is -0.385 e. The number of aryl methyl sites for hydroxylation is 1. The zero-order chi connectivity index (χ0) is 13.7. The van der Waals surface area contributed by atoms with Gasteiger partial charge in [0.25, 0.3) is 0 Å². The van der Waals surface area contributed by atoms with E-state index < -0.39 is 0 Å². The summed E-state index contributed by atoms with van der Waals surface area (Å²) in [6.45, 7) is 0.765. The summed E-state index contributed by atoms with van der Waals surface area (Å²) in [5.74, 6) is 6.68. The zero-order valence-electron chi connectivity index (χ0n) is 11.6. The Labute approximate surface area is 113 Å². The number of methoxy groups -OCH3 is 1. The maximum absolute atomic E-state index is 5.62. The Kier molecular flexibility index (Phi) is 4.90. The average molecular weight is 262 g/mol. The third kappa shape index (κ3) is 3.32. The summed E-state index contributed by atoms with van der Waals surface area (Å²) in [7, 11) is 3.77. The molecule has 2 rings (SSSR count). The van der Waals surface area contributed by atoms with Crippen LogP contribution in [0.4, 0.5) is 0 Å². The van der Waals surface area contributed by atoms with Crippen molar-refractivity contribution in [1.29, 1.82) is 0 Å². The van der Waals surface area contributed by atoms with Gasteiger partial charge in [-0.15, -0.1) is 0 Å². The predicted octanol–water partition coefficient (Wildman–Crippen LogP) is 1.37. The lowest BCUT2D eigenvalue weighted by Gasteiger charge is -2.15. The second-order valence-electron chi connectivity index (χ2n) is 4.78. The number of para-hydroxylation sites is 2. The van der Waals surface area contributed by atoms with Crippen LogP contribution in [0.1, 0.15) is 18.7 Å². The number of imidazole rings is 1. The molecule has 1 unspecified atom stereocenters. The van der Waals surface area contributed by atoms with Crippen molar-refractivity contribution in [2.75, 3.05) is 13.7 Å². The second kappa shape index (κ2) is 6.65. The van der Waals surface area contributed by atoms with E-state index in [1.54, 1.807) is 7.11 Å². The largest absolute Gasteiger partial charge is 0.385 e. The Bertz CT molecular complexity index is 523. The van der Waals surface area contributed by atoms with Crippen molar-refractivity contribution in [2.45, 2.75) is 25.3 Å². The number of nitrogens with zero attached hydrogens (tertiary/aromatic N) is 2. The molecule has 0 bridgehead atoms. The molecule has 0 amide bonds. The van der Waals surface area contributed by atoms with E-state index in [1.807, 2.05) is 25.2 Å². The summed E-state index contributed by atoms with van der Waals surface area (Å²) in [5, 5.41) is 0. The minimum atomic E-state index is 0.227.